The van der Waals surface area contributed by atoms with Gasteiger partial charge in [0.15, 0.2) is 0 Å². The van der Waals surface area contributed by atoms with E-state index in [0.717, 1.165) is 27.6 Å². The fraction of sp³-hybridized carbons (Fsp3) is 0.118. The maximum Gasteiger partial charge on any atom is 0.123 e. The second kappa shape index (κ2) is 5.02. The van der Waals surface area contributed by atoms with Crippen LogP contribution < -0.4 is 5.73 Å². The molecule has 1 unspecified atom stereocenters. The molecule has 0 saturated heterocycles. The second-order valence-corrected chi connectivity index (χ2v) is 5.00. The van der Waals surface area contributed by atoms with E-state index in [9.17, 15) is 4.39 Å². The smallest absolute Gasteiger partial charge is 0.123 e. The number of rotatable bonds is 2. The molecule has 0 fully saturated rings. The van der Waals surface area contributed by atoms with Gasteiger partial charge in [0.05, 0.1) is 11.6 Å². The number of nitrogens with zero attached hydrogens (tertiary/aromatic N) is 1. The first-order valence-electron chi connectivity index (χ1n) is 6.51. The molecule has 0 spiro atoms. The minimum atomic E-state index is -0.351. The summed E-state index contributed by atoms with van der Waals surface area (Å²) in [7, 11) is 0. The van der Waals surface area contributed by atoms with E-state index in [0.29, 0.717) is 0 Å². The zero-order chi connectivity index (χ0) is 14.1. The Hall–Kier alpha value is -2.26. The van der Waals surface area contributed by atoms with Gasteiger partial charge in [0.1, 0.15) is 5.82 Å². The molecule has 2 nitrogen and oxygen atoms in total. The monoisotopic (exact) mass is 266 g/mol. The van der Waals surface area contributed by atoms with E-state index in [-0.39, 0.29) is 11.9 Å². The van der Waals surface area contributed by atoms with E-state index in [2.05, 4.69) is 4.98 Å². The summed E-state index contributed by atoms with van der Waals surface area (Å²) in [6.07, 6.45) is 1.75. The molecule has 0 aliphatic rings. The van der Waals surface area contributed by atoms with Crippen molar-refractivity contribution in [1.29, 1.82) is 0 Å². The Kier molecular flexibility index (Phi) is 3.20. The van der Waals surface area contributed by atoms with Crippen LogP contribution in [0.4, 0.5) is 4.39 Å². The number of nitrogens with two attached hydrogens (primary N) is 1. The number of benzene rings is 2. The number of pyridine rings is 1. The summed E-state index contributed by atoms with van der Waals surface area (Å²) in [5.74, 6) is -0.255. The number of aromatic nitrogens is 1. The van der Waals surface area contributed by atoms with E-state index >= 15 is 0 Å². The van der Waals surface area contributed by atoms with Crippen molar-refractivity contribution >= 4 is 10.9 Å². The summed E-state index contributed by atoms with van der Waals surface area (Å²) in [6, 6.07) is 14.4. The lowest BCUT2D eigenvalue weighted by molar-refractivity contribution is 0.622. The third-order valence-electron chi connectivity index (χ3n) is 3.41. The molecule has 1 heterocycles. The lowest BCUT2D eigenvalue weighted by atomic mass is 9.97. The molecule has 0 bridgehead atoms. The van der Waals surface area contributed by atoms with Gasteiger partial charge in [-0.15, -0.1) is 0 Å². The largest absolute Gasteiger partial charge is 0.320 e. The molecule has 0 amide bonds. The van der Waals surface area contributed by atoms with Crippen molar-refractivity contribution in [1.82, 2.24) is 4.98 Å². The number of halogens is 1. The number of hydrogen-bond acceptors (Lipinski definition) is 2. The number of aryl methyl sites for hydroxylation is 1. The topological polar surface area (TPSA) is 38.9 Å². The van der Waals surface area contributed by atoms with Crippen LogP contribution in [0.3, 0.4) is 0 Å². The lowest BCUT2D eigenvalue weighted by Gasteiger charge is -2.14. The van der Waals surface area contributed by atoms with E-state index in [4.69, 9.17) is 5.73 Å². The molecule has 2 N–H and O–H groups in total. The van der Waals surface area contributed by atoms with Crippen molar-refractivity contribution < 1.29 is 4.39 Å². The molecule has 0 aliphatic heterocycles. The Morgan fingerprint density at radius 1 is 1.05 bits per heavy atom. The van der Waals surface area contributed by atoms with Gasteiger partial charge in [-0.05, 0) is 47.9 Å². The van der Waals surface area contributed by atoms with Gasteiger partial charge >= 0.3 is 0 Å². The SMILES string of the molecule is Cc1cc(F)cc(C(N)c2ccc3cccnc3c2)c1. The molecular formula is C17H15FN2. The predicted octanol–water partition coefficient (Wildman–Crippen LogP) is 3.73. The van der Waals surface area contributed by atoms with Gasteiger partial charge in [-0.1, -0.05) is 24.3 Å². The van der Waals surface area contributed by atoms with Crippen LogP contribution in [-0.4, -0.2) is 4.98 Å². The molecule has 100 valence electrons. The zero-order valence-corrected chi connectivity index (χ0v) is 11.2. The van der Waals surface area contributed by atoms with Crippen LogP contribution >= 0.6 is 0 Å². The fourth-order valence-corrected chi connectivity index (χ4v) is 2.41. The summed E-state index contributed by atoms with van der Waals surface area (Å²) in [6.45, 7) is 1.86. The van der Waals surface area contributed by atoms with Crippen LogP contribution in [0.15, 0.2) is 54.7 Å². The highest BCUT2D eigenvalue weighted by Crippen LogP contribution is 2.24. The molecule has 0 saturated carbocycles. The molecule has 20 heavy (non-hydrogen) atoms. The van der Waals surface area contributed by atoms with Gasteiger partial charge < -0.3 is 5.73 Å². The van der Waals surface area contributed by atoms with Gasteiger partial charge in [-0.2, -0.15) is 0 Å². The summed E-state index contributed by atoms with van der Waals surface area (Å²) in [4.78, 5) is 4.32. The van der Waals surface area contributed by atoms with Gasteiger partial charge in [0, 0.05) is 11.6 Å². The van der Waals surface area contributed by atoms with E-state index in [1.165, 1.54) is 12.1 Å². The molecular weight excluding hydrogens is 251 g/mol. The average Bonchev–Trinajstić information content (AvgIpc) is 2.45. The fourth-order valence-electron chi connectivity index (χ4n) is 2.41. The summed E-state index contributed by atoms with van der Waals surface area (Å²) in [5.41, 5.74) is 9.72. The molecule has 0 radical (unpaired) electrons. The highest BCUT2D eigenvalue weighted by molar-refractivity contribution is 5.79. The predicted molar refractivity (Wildman–Crippen MR) is 78.9 cm³/mol. The number of hydrogen-bond donors (Lipinski definition) is 1. The average molecular weight is 266 g/mol. The molecule has 3 rings (SSSR count). The van der Waals surface area contributed by atoms with Crippen LogP contribution in [0.2, 0.25) is 0 Å². The Bertz CT molecular complexity index is 748. The summed E-state index contributed by atoms with van der Waals surface area (Å²) >= 11 is 0. The zero-order valence-electron chi connectivity index (χ0n) is 11.2. The first-order valence-corrected chi connectivity index (χ1v) is 6.51. The third-order valence-corrected chi connectivity index (χ3v) is 3.41. The maximum absolute atomic E-state index is 13.5. The summed E-state index contributed by atoms with van der Waals surface area (Å²) < 4.78 is 13.5. The van der Waals surface area contributed by atoms with Gasteiger partial charge in [-0.3, -0.25) is 4.98 Å². The van der Waals surface area contributed by atoms with Gasteiger partial charge in [0.25, 0.3) is 0 Å². The van der Waals surface area contributed by atoms with Crippen LogP contribution in [0.25, 0.3) is 10.9 Å². The molecule has 1 aromatic heterocycles. The molecule has 0 aliphatic carbocycles. The van der Waals surface area contributed by atoms with Crippen molar-refractivity contribution in [3.63, 3.8) is 0 Å². The van der Waals surface area contributed by atoms with Gasteiger partial charge in [0.2, 0.25) is 0 Å². The van der Waals surface area contributed by atoms with Crippen LogP contribution in [0.1, 0.15) is 22.7 Å². The molecule has 2 aromatic carbocycles. The van der Waals surface area contributed by atoms with Crippen LogP contribution in [0.5, 0.6) is 0 Å². The summed E-state index contributed by atoms with van der Waals surface area (Å²) in [5, 5.41) is 1.07. The first kappa shape index (κ1) is 12.8. The van der Waals surface area contributed by atoms with Crippen molar-refractivity contribution in [2.45, 2.75) is 13.0 Å². The van der Waals surface area contributed by atoms with Crippen LogP contribution in [0, 0.1) is 12.7 Å². The molecule has 3 heteroatoms. The van der Waals surface area contributed by atoms with E-state index in [1.54, 1.807) is 6.20 Å². The quantitative estimate of drug-likeness (QED) is 0.767. The van der Waals surface area contributed by atoms with Crippen molar-refractivity contribution in [2.24, 2.45) is 5.73 Å². The first-order chi connectivity index (χ1) is 9.63. The normalized spacial score (nSPS) is 12.6. The van der Waals surface area contributed by atoms with Gasteiger partial charge in [-0.25, -0.2) is 4.39 Å². The lowest BCUT2D eigenvalue weighted by Crippen LogP contribution is -2.12. The Labute approximate surface area is 117 Å². The Balaban J connectivity index is 2.05. The van der Waals surface area contributed by atoms with Crippen molar-refractivity contribution in [2.75, 3.05) is 0 Å². The molecule has 3 aromatic rings. The molecule has 1 atom stereocenters. The minimum Gasteiger partial charge on any atom is -0.320 e. The highest BCUT2D eigenvalue weighted by atomic mass is 19.1. The third kappa shape index (κ3) is 2.40. The van der Waals surface area contributed by atoms with Crippen molar-refractivity contribution in [3.8, 4) is 0 Å². The minimum absolute atomic E-state index is 0.255. The Morgan fingerprint density at radius 2 is 1.90 bits per heavy atom. The Morgan fingerprint density at radius 3 is 2.70 bits per heavy atom. The van der Waals surface area contributed by atoms with E-state index in [1.807, 2.05) is 43.3 Å². The van der Waals surface area contributed by atoms with Crippen molar-refractivity contribution in [3.05, 3.63) is 77.2 Å². The van der Waals surface area contributed by atoms with E-state index < -0.39 is 0 Å². The standard InChI is InChI=1S/C17H15FN2/c1-11-7-14(9-15(18)8-11)17(19)13-5-4-12-3-2-6-20-16(12)10-13/h2-10,17H,19H2,1H3. The number of fused-ring (bicyclic) bond motifs is 1. The highest BCUT2D eigenvalue weighted by Gasteiger charge is 2.11. The second-order valence-electron chi connectivity index (χ2n) is 5.00. The maximum atomic E-state index is 13.5. The van der Waals surface area contributed by atoms with Crippen LogP contribution in [-0.2, 0) is 0 Å².